The molecule has 1 atom stereocenters. The normalized spacial score (nSPS) is 12.1. The second kappa shape index (κ2) is 14.9. The Bertz CT molecular complexity index is 240. The Balaban J connectivity index is -0.000000506. The monoisotopic (exact) mass is 285 g/mol. The zero-order chi connectivity index (χ0) is 15.2. The highest BCUT2D eigenvalue weighted by atomic mass is 32.2. The summed E-state index contributed by atoms with van der Waals surface area (Å²) in [7, 11) is -3.47. The van der Waals surface area contributed by atoms with Crippen LogP contribution in [-0.2, 0) is 14.3 Å². The quantitative estimate of drug-likeness (QED) is 0.696. The number of aliphatic hydroxyl groups excluding tert-OH is 1. The van der Waals surface area contributed by atoms with Crippen molar-refractivity contribution in [1.82, 2.24) is 0 Å². The number of nitrogens with two attached hydrogens (primary N) is 1. The zero-order valence-electron chi connectivity index (χ0n) is 12.6. The van der Waals surface area contributed by atoms with E-state index in [1.165, 1.54) is 0 Å². The molecule has 0 aliphatic carbocycles. The van der Waals surface area contributed by atoms with Gasteiger partial charge in [0.15, 0.2) is 0 Å². The number of hydrogen-bond acceptors (Lipinski definition) is 5. The molecule has 0 radical (unpaired) electrons. The topological polar surface area (TPSA) is 89.6 Å². The minimum Gasteiger partial charge on any atom is -0.395 e. The van der Waals surface area contributed by atoms with E-state index < -0.39 is 16.2 Å². The van der Waals surface area contributed by atoms with Crippen molar-refractivity contribution >= 4 is 10.1 Å². The van der Waals surface area contributed by atoms with Crippen molar-refractivity contribution in [3.63, 3.8) is 0 Å². The molecule has 5 nitrogen and oxygen atoms in total. The summed E-state index contributed by atoms with van der Waals surface area (Å²) in [6, 6.07) is -0.493. The molecule has 0 spiro atoms. The Morgan fingerprint density at radius 3 is 1.94 bits per heavy atom. The molecule has 6 heteroatoms. The Morgan fingerprint density at radius 1 is 1.17 bits per heavy atom. The molecule has 0 amide bonds. The highest BCUT2D eigenvalue weighted by Gasteiger charge is 2.14. The van der Waals surface area contributed by atoms with Crippen LogP contribution in [0.3, 0.4) is 0 Å². The molecule has 0 aliphatic heterocycles. The second-order valence-electron chi connectivity index (χ2n) is 3.67. The van der Waals surface area contributed by atoms with Gasteiger partial charge in [-0.05, 0) is 12.3 Å². The first-order valence-corrected chi connectivity index (χ1v) is 8.18. The summed E-state index contributed by atoms with van der Waals surface area (Å²) in [5, 5.41) is 8.59. The van der Waals surface area contributed by atoms with Crippen LogP contribution in [0.1, 0.15) is 48.0 Å². The average Bonchev–Trinajstić information content (AvgIpc) is 2.38. The van der Waals surface area contributed by atoms with Gasteiger partial charge in [0.1, 0.15) is 0 Å². The van der Waals surface area contributed by atoms with Crippen LogP contribution in [0.5, 0.6) is 0 Å². The standard InChI is InChI=1S/C8H19NO4S.2C2H6/c1-7(2)6-13-14(11,12)4-3-8(9)5-10;2*1-2/h7-8,10H,3-6,9H2,1-2H3;2*1-2H3. The number of hydrogen-bond donors (Lipinski definition) is 2. The van der Waals surface area contributed by atoms with Crippen molar-refractivity contribution in [2.75, 3.05) is 19.0 Å². The van der Waals surface area contributed by atoms with Crippen LogP contribution in [0.15, 0.2) is 0 Å². The van der Waals surface area contributed by atoms with E-state index >= 15 is 0 Å². The zero-order valence-corrected chi connectivity index (χ0v) is 13.5. The van der Waals surface area contributed by atoms with Crippen molar-refractivity contribution in [1.29, 1.82) is 0 Å². The molecule has 0 saturated heterocycles. The fourth-order valence-corrected chi connectivity index (χ4v) is 1.87. The van der Waals surface area contributed by atoms with Gasteiger partial charge in [-0.25, -0.2) is 0 Å². The van der Waals surface area contributed by atoms with Crippen molar-refractivity contribution in [3.05, 3.63) is 0 Å². The van der Waals surface area contributed by atoms with Crippen LogP contribution in [-0.4, -0.2) is 38.5 Å². The first kappa shape index (κ1) is 23.0. The Labute approximate surface area is 113 Å². The molecule has 18 heavy (non-hydrogen) atoms. The third-order valence-electron chi connectivity index (χ3n) is 1.55. The van der Waals surface area contributed by atoms with Crippen molar-refractivity contribution in [2.24, 2.45) is 11.7 Å². The van der Waals surface area contributed by atoms with Gasteiger partial charge in [0.05, 0.1) is 19.0 Å². The molecule has 0 rings (SSSR count). The van der Waals surface area contributed by atoms with Gasteiger partial charge in [-0.15, -0.1) is 0 Å². The molecule has 0 aromatic heterocycles. The lowest BCUT2D eigenvalue weighted by molar-refractivity contribution is 0.257. The van der Waals surface area contributed by atoms with Crippen LogP contribution >= 0.6 is 0 Å². The van der Waals surface area contributed by atoms with Gasteiger partial charge in [0.25, 0.3) is 10.1 Å². The molecule has 114 valence electrons. The maximum atomic E-state index is 11.2. The third kappa shape index (κ3) is 18.2. The first-order valence-electron chi connectivity index (χ1n) is 6.61. The lowest BCUT2D eigenvalue weighted by atomic mass is 10.2. The lowest BCUT2D eigenvalue weighted by Gasteiger charge is -2.09. The summed E-state index contributed by atoms with van der Waals surface area (Å²) in [4.78, 5) is 0. The van der Waals surface area contributed by atoms with E-state index in [1.807, 2.05) is 41.5 Å². The Hall–Kier alpha value is -0.170. The molecule has 0 aliphatic rings. The highest BCUT2D eigenvalue weighted by molar-refractivity contribution is 7.86. The predicted octanol–water partition coefficient (Wildman–Crippen LogP) is 1.75. The third-order valence-corrected chi connectivity index (χ3v) is 2.78. The lowest BCUT2D eigenvalue weighted by Crippen LogP contribution is -2.28. The van der Waals surface area contributed by atoms with Crippen molar-refractivity contribution in [3.8, 4) is 0 Å². The average molecular weight is 285 g/mol. The molecule has 3 N–H and O–H groups in total. The molecule has 0 bridgehead atoms. The molecule has 0 fully saturated rings. The van der Waals surface area contributed by atoms with Gasteiger partial charge in [-0.2, -0.15) is 8.42 Å². The molecule has 0 aromatic carbocycles. The summed E-state index contributed by atoms with van der Waals surface area (Å²) in [5.41, 5.74) is 5.37. The van der Waals surface area contributed by atoms with Gasteiger partial charge in [-0.3, -0.25) is 4.18 Å². The highest BCUT2D eigenvalue weighted by Crippen LogP contribution is 2.02. The SMILES string of the molecule is CC.CC.CC(C)COS(=O)(=O)CCC(N)CO. The molecule has 0 aromatic rings. The van der Waals surface area contributed by atoms with E-state index in [0.29, 0.717) is 0 Å². The van der Waals surface area contributed by atoms with E-state index in [9.17, 15) is 8.42 Å². The first-order chi connectivity index (χ1) is 8.37. The van der Waals surface area contributed by atoms with Crippen LogP contribution in [0.25, 0.3) is 0 Å². The summed E-state index contributed by atoms with van der Waals surface area (Å²) in [5.74, 6) is 0.0397. The molecular formula is C12H31NO4S. The fourth-order valence-electron chi connectivity index (χ4n) is 0.686. The smallest absolute Gasteiger partial charge is 0.267 e. The summed E-state index contributed by atoms with van der Waals surface area (Å²) in [6.07, 6.45) is 0.219. The summed E-state index contributed by atoms with van der Waals surface area (Å²) >= 11 is 0. The van der Waals surface area contributed by atoms with Gasteiger partial charge >= 0.3 is 0 Å². The minimum absolute atomic E-state index is 0.137. The van der Waals surface area contributed by atoms with Crippen LogP contribution in [0, 0.1) is 5.92 Å². The van der Waals surface area contributed by atoms with Crippen molar-refractivity contribution < 1.29 is 17.7 Å². The minimum atomic E-state index is -3.47. The van der Waals surface area contributed by atoms with Gasteiger partial charge in [-0.1, -0.05) is 41.5 Å². The number of aliphatic hydroxyl groups is 1. The summed E-state index contributed by atoms with van der Waals surface area (Å²) < 4.78 is 27.1. The van der Waals surface area contributed by atoms with E-state index in [1.54, 1.807) is 0 Å². The molecular weight excluding hydrogens is 254 g/mol. The largest absolute Gasteiger partial charge is 0.395 e. The van der Waals surface area contributed by atoms with Gasteiger partial charge < -0.3 is 10.8 Å². The predicted molar refractivity (Wildman–Crippen MR) is 77.0 cm³/mol. The second-order valence-corrected chi connectivity index (χ2v) is 5.43. The van der Waals surface area contributed by atoms with Crippen LogP contribution in [0.4, 0.5) is 0 Å². The Kier molecular flexibility index (Phi) is 19.0. The summed E-state index contributed by atoms with van der Waals surface area (Å²) in [6.45, 7) is 11.7. The fraction of sp³-hybridized carbons (Fsp3) is 1.00. The van der Waals surface area contributed by atoms with Gasteiger partial charge in [0, 0.05) is 6.04 Å². The molecule has 1 unspecified atom stereocenters. The van der Waals surface area contributed by atoms with E-state index in [4.69, 9.17) is 15.0 Å². The number of rotatable bonds is 7. The van der Waals surface area contributed by atoms with Gasteiger partial charge in [0.2, 0.25) is 0 Å². The van der Waals surface area contributed by atoms with Crippen LogP contribution < -0.4 is 5.73 Å². The van der Waals surface area contributed by atoms with E-state index in [0.717, 1.165) is 0 Å². The van der Waals surface area contributed by atoms with Crippen LogP contribution in [0.2, 0.25) is 0 Å². The molecule has 0 heterocycles. The van der Waals surface area contributed by atoms with Crippen molar-refractivity contribution in [2.45, 2.75) is 54.0 Å². The Morgan fingerprint density at radius 2 is 1.61 bits per heavy atom. The molecule has 0 saturated carbocycles. The van der Waals surface area contributed by atoms with E-state index in [-0.39, 0.29) is 31.3 Å². The maximum Gasteiger partial charge on any atom is 0.267 e. The van der Waals surface area contributed by atoms with E-state index in [2.05, 4.69) is 0 Å². The maximum absolute atomic E-state index is 11.2.